The van der Waals surface area contributed by atoms with E-state index in [9.17, 15) is 0 Å². The number of hydrogen-bond acceptors (Lipinski definition) is 4. The average Bonchev–Trinajstić information content (AvgIpc) is 2.69. The van der Waals surface area contributed by atoms with Crippen molar-refractivity contribution in [2.75, 3.05) is 0 Å². The van der Waals surface area contributed by atoms with Crippen molar-refractivity contribution in [2.45, 2.75) is 33.1 Å². The average molecular weight is 279 g/mol. The molecule has 0 amide bonds. The maximum atomic E-state index is 5.89. The Morgan fingerprint density at radius 3 is 2.44 bits per heavy atom. The predicted molar refractivity (Wildman–Crippen MR) is 79.8 cm³/mol. The summed E-state index contributed by atoms with van der Waals surface area (Å²) in [5.74, 6) is 1.71. The van der Waals surface area contributed by atoms with Crippen LogP contribution in [-0.4, -0.2) is 4.98 Å². The molecule has 2 nitrogen and oxygen atoms in total. The number of benzene rings is 1. The molecule has 2 rings (SSSR count). The minimum atomic E-state index is 0.533. The maximum Gasteiger partial charge on any atom is 0.140 e. The van der Waals surface area contributed by atoms with Crippen LogP contribution in [0.25, 0.3) is 0 Å². The highest BCUT2D eigenvalue weighted by Gasteiger charge is 2.08. The molecule has 0 aliphatic rings. The second kappa shape index (κ2) is 5.76. The van der Waals surface area contributed by atoms with E-state index in [0.717, 1.165) is 33.3 Å². The smallest absolute Gasteiger partial charge is 0.140 e. The molecular formula is C14H17NOS2. The van der Waals surface area contributed by atoms with Crippen molar-refractivity contribution >= 4 is 24.0 Å². The van der Waals surface area contributed by atoms with E-state index in [0.29, 0.717) is 6.61 Å². The van der Waals surface area contributed by atoms with Crippen molar-refractivity contribution in [1.82, 2.24) is 4.98 Å². The fourth-order valence-corrected chi connectivity index (χ4v) is 3.12. The van der Waals surface area contributed by atoms with Gasteiger partial charge in [-0.3, -0.25) is 0 Å². The second-order valence-corrected chi connectivity index (χ2v) is 5.77. The first-order valence-electron chi connectivity index (χ1n) is 5.87. The molecule has 4 heteroatoms. The molecule has 2 aromatic rings. The summed E-state index contributed by atoms with van der Waals surface area (Å²) in [7, 11) is 0. The molecule has 0 bridgehead atoms. The maximum absolute atomic E-state index is 5.89. The summed E-state index contributed by atoms with van der Waals surface area (Å²) in [5.41, 5.74) is 3.39. The van der Waals surface area contributed by atoms with Crippen LogP contribution in [0.4, 0.5) is 0 Å². The fraction of sp³-hybridized carbons (Fsp3) is 0.357. The van der Waals surface area contributed by atoms with E-state index in [-0.39, 0.29) is 0 Å². The van der Waals surface area contributed by atoms with Crippen molar-refractivity contribution in [3.05, 3.63) is 44.9 Å². The van der Waals surface area contributed by atoms with Crippen molar-refractivity contribution in [2.24, 2.45) is 0 Å². The van der Waals surface area contributed by atoms with E-state index in [2.05, 4.69) is 43.6 Å². The molecule has 0 saturated heterocycles. The molecule has 0 unspecified atom stereocenters. The number of ether oxygens (including phenoxy) is 1. The lowest BCUT2D eigenvalue weighted by atomic mass is 10.1. The van der Waals surface area contributed by atoms with Crippen LogP contribution in [0.15, 0.2) is 18.2 Å². The van der Waals surface area contributed by atoms with Gasteiger partial charge in [-0.25, -0.2) is 4.98 Å². The summed E-state index contributed by atoms with van der Waals surface area (Å²) in [4.78, 5) is 5.72. The van der Waals surface area contributed by atoms with Crippen LogP contribution < -0.4 is 4.74 Å². The minimum absolute atomic E-state index is 0.533. The molecule has 0 spiro atoms. The van der Waals surface area contributed by atoms with E-state index in [4.69, 9.17) is 4.74 Å². The van der Waals surface area contributed by atoms with Gasteiger partial charge in [-0.05, 0) is 31.9 Å². The highest BCUT2D eigenvalue weighted by atomic mass is 32.1. The Bertz CT molecular complexity index is 528. The van der Waals surface area contributed by atoms with Crippen LogP contribution in [0.3, 0.4) is 0 Å². The molecule has 0 saturated carbocycles. The first-order chi connectivity index (χ1) is 8.61. The van der Waals surface area contributed by atoms with E-state index < -0.39 is 0 Å². The van der Waals surface area contributed by atoms with Crippen LogP contribution >= 0.6 is 24.0 Å². The Morgan fingerprint density at radius 2 is 1.89 bits per heavy atom. The van der Waals surface area contributed by atoms with E-state index in [1.807, 2.05) is 13.0 Å². The van der Waals surface area contributed by atoms with Gasteiger partial charge in [0.15, 0.2) is 0 Å². The molecule has 1 aromatic carbocycles. The van der Waals surface area contributed by atoms with Crippen LogP contribution in [-0.2, 0) is 12.4 Å². The molecule has 0 aliphatic carbocycles. The van der Waals surface area contributed by atoms with Crippen molar-refractivity contribution in [1.29, 1.82) is 0 Å². The molecule has 0 radical (unpaired) electrons. The van der Waals surface area contributed by atoms with Crippen LogP contribution in [0.2, 0.25) is 0 Å². The van der Waals surface area contributed by atoms with Crippen LogP contribution in [0.1, 0.15) is 26.7 Å². The number of rotatable bonds is 4. The van der Waals surface area contributed by atoms with Gasteiger partial charge in [0.2, 0.25) is 0 Å². The summed E-state index contributed by atoms with van der Waals surface area (Å²) < 4.78 is 5.89. The Kier molecular flexibility index (Phi) is 4.30. The highest BCUT2D eigenvalue weighted by Crippen LogP contribution is 2.25. The molecular weight excluding hydrogens is 262 g/mol. The van der Waals surface area contributed by atoms with Gasteiger partial charge < -0.3 is 4.74 Å². The number of aromatic nitrogens is 1. The lowest BCUT2D eigenvalue weighted by molar-refractivity contribution is 0.301. The summed E-state index contributed by atoms with van der Waals surface area (Å²) in [6, 6.07) is 6.17. The van der Waals surface area contributed by atoms with Gasteiger partial charge in [0.1, 0.15) is 17.4 Å². The standard InChI is InChI=1S/C14H17NOS2/c1-9-5-4-6-10(2)14(9)16-7-13-15-11(3)12(8-17)18-13/h4-6,17H,7-8H2,1-3H3. The molecule has 96 valence electrons. The third kappa shape index (κ3) is 2.87. The van der Waals surface area contributed by atoms with E-state index in [1.54, 1.807) is 11.3 Å². The van der Waals surface area contributed by atoms with Gasteiger partial charge in [-0.1, -0.05) is 18.2 Å². The Hall–Kier alpha value is -1.000. The normalized spacial score (nSPS) is 10.7. The minimum Gasteiger partial charge on any atom is -0.486 e. The molecule has 18 heavy (non-hydrogen) atoms. The molecule has 0 aliphatic heterocycles. The second-order valence-electron chi connectivity index (χ2n) is 4.28. The quantitative estimate of drug-likeness (QED) is 0.852. The number of thiol groups is 1. The van der Waals surface area contributed by atoms with Gasteiger partial charge in [0, 0.05) is 10.6 Å². The third-order valence-electron chi connectivity index (χ3n) is 2.83. The Balaban J connectivity index is 2.11. The Morgan fingerprint density at radius 1 is 1.22 bits per heavy atom. The summed E-state index contributed by atoms with van der Waals surface area (Å²) >= 11 is 5.97. The van der Waals surface area contributed by atoms with Crippen molar-refractivity contribution < 1.29 is 4.74 Å². The van der Waals surface area contributed by atoms with Gasteiger partial charge in [-0.2, -0.15) is 12.6 Å². The first kappa shape index (κ1) is 13.4. The number of thiazole rings is 1. The number of nitrogens with zero attached hydrogens (tertiary/aromatic N) is 1. The summed E-state index contributed by atoms with van der Waals surface area (Å²) in [6.45, 7) is 6.68. The highest BCUT2D eigenvalue weighted by molar-refractivity contribution is 7.79. The SMILES string of the molecule is Cc1cccc(C)c1OCc1nc(C)c(CS)s1. The summed E-state index contributed by atoms with van der Waals surface area (Å²) in [6.07, 6.45) is 0. The van der Waals surface area contributed by atoms with Crippen LogP contribution in [0.5, 0.6) is 5.75 Å². The van der Waals surface area contributed by atoms with Gasteiger partial charge in [0.05, 0.1) is 5.69 Å². The predicted octanol–water partition coefficient (Wildman–Crippen LogP) is 4.08. The molecule has 0 N–H and O–H groups in total. The molecule has 0 atom stereocenters. The van der Waals surface area contributed by atoms with E-state index in [1.165, 1.54) is 4.88 Å². The molecule has 0 fully saturated rings. The lowest BCUT2D eigenvalue weighted by Gasteiger charge is -2.10. The largest absolute Gasteiger partial charge is 0.486 e. The lowest BCUT2D eigenvalue weighted by Crippen LogP contribution is -1.98. The van der Waals surface area contributed by atoms with Gasteiger partial charge in [-0.15, -0.1) is 11.3 Å². The number of aryl methyl sites for hydroxylation is 3. The van der Waals surface area contributed by atoms with E-state index >= 15 is 0 Å². The van der Waals surface area contributed by atoms with Crippen molar-refractivity contribution in [3.8, 4) is 5.75 Å². The van der Waals surface area contributed by atoms with Crippen LogP contribution in [0, 0.1) is 20.8 Å². The monoisotopic (exact) mass is 279 g/mol. The molecule has 1 heterocycles. The number of hydrogen-bond donors (Lipinski definition) is 1. The zero-order chi connectivity index (χ0) is 13.1. The zero-order valence-corrected chi connectivity index (χ0v) is 12.6. The topological polar surface area (TPSA) is 22.1 Å². The fourth-order valence-electron chi connectivity index (χ4n) is 1.86. The third-order valence-corrected chi connectivity index (χ3v) is 4.49. The summed E-state index contributed by atoms with van der Waals surface area (Å²) in [5, 5.41) is 1.01. The van der Waals surface area contributed by atoms with Gasteiger partial charge >= 0.3 is 0 Å². The molecule has 1 aromatic heterocycles. The van der Waals surface area contributed by atoms with Gasteiger partial charge in [0.25, 0.3) is 0 Å². The number of para-hydroxylation sites is 1. The first-order valence-corrected chi connectivity index (χ1v) is 7.31. The Labute approximate surface area is 117 Å². The van der Waals surface area contributed by atoms with Crippen molar-refractivity contribution in [3.63, 3.8) is 0 Å². The zero-order valence-electron chi connectivity index (χ0n) is 10.9.